The number of pyridine rings is 1. The third kappa shape index (κ3) is 3.16. The van der Waals surface area contributed by atoms with Crippen LogP contribution in [0, 0.1) is 17.1 Å². The average molecular weight is 347 g/mol. The summed E-state index contributed by atoms with van der Waals surface area (Å²) < 4.78 is 13.2. The average Bonchev–Trinajstić information content (AvgIpc) is 3.18. The predicted molar refractivity (Wildman–Crippen MR) is 97.1 cm³/mol. The summed E-state index contributed by atoms with van der Waals surface area (Å²) in [5, 5.41) is 16.5. The third-order valence-electron chi connectivity index (χ3n) is 4.85. The number of anilines is 1. The molecule has 0 unspecified atom stereocenters. The fraction of sp³-hybridized carbons (Fsp3) is 0.250. The van der Waals surface area contributed by atoms with Crippen LogP contribution in [-0.2, 0) is 0 Å². The van der Waals surface area contributed by atoms with Crippen molar-refractivity contribution in [1.82, 2.24) is 15.2 Å². The summed E-state index contributed by atoms with van der Waals surface area (Å²) in [6.45, 7) is 1.72. The molecule has 0 radical (unpaired) electrons. The molecule has 1 fully saturated rings. The first-order valence-electron chi connectivity index (χ1n) is 8.65. The van der Waals surface area contributed by atoms with E-state index in [-0.39, 0.29) is 11.7 Å². The highest BCUT2D eigenvalue weighted by Gasteiger charge is 2.26. The largest absolute Gasteiger partial charge is 0.356 e. The quantitative estimate of drug-likeness (QED) is 0.781. The molecular formula is C20H18FN5. The lowest BCUT2D eigenvalue weighted by Gasteiger charge is -2.33. The van der Waals surface area contributed by atoms with E-state index in [2.05, 4.69) is 26.2 Å². The molecule has 130 valence electrons. The zero-order chi connectivity index (χ0) is 17.9. The van der Waals surface area contributed by atoms with E-state index in [1.807, 2.05) is 6.07 Å². The van der Waals surface area contributed by atoms with E-state index in [9.17, 15) is 4.39 Å². The van der Waals surface area contributed by atoms with Crippen molar-refractivity contribution in [3.8, 4) is 17.2 Å². The topological polar surface area (TPSA) is 68.6 Å². The summed E-state index contributed by atoms with van der Waals surface area (Å²) in [6.07, 6.45) is 5.56. The molecule has 1 saturated heterocycles. The molecule has 6 heteroatoms. The second-order valence-electron chi connectivity index (χ2n) is 6.50. The Morgan fingerprint density at radius 3 is 2.88 bits per heavy atom. The number of halogens is 1. The van der Waals surface area contributed by atoms with Crippen LogP contribution >= 0.6 is 0 Å². The number of nitrogens with zero attached hydrogens (tertiary/aromatic N) is 4. The van der Waals surface area contributed by atoms with Crippen molar-refractivity contribution >= 4 is 5.82 Å². The van der Waals surface area contributed by atoms with Gasteiger partial charge in [0, 0.05) is 36.5 Å². The number of hydrogen-bond donors (Lipinski definition) is 1. The summed E-state index contributed by atoms with van der Waals surface area (Å²) in [7, 11) is 0. The van der Waals surface area contributed by atoms with E-state index in [0.717, 1.165) is 48.6 Å². The summed E-state index contributed by atoms with van der Waals surface area (Å²) in [4.78, 5) is 6.64. The number of piperidine rings is 1. The fourth-order valence-electron chi connectivity index (χ4n) is 3.55. The Morgan fingerprint density at radius 2 is 2.08 bits per heavy atom. The molecule has 0 bridgehead atoms. The normalized spacial score (nSPS) is 17.1. The number of nitrogens with one attached hydrogen (secondary N) is 1. The minimum absolute atomic E-state index is 0.244. The van der Waals surface area contributed by atoms with Crippen molar-refractivity contribution in [2.24, 2.45) is 0 Å². The van der Waals surface area contributed by atoms with E-state index in [0.29, 0.717) is 5.56 Å². The van der Waals surface area contributed by atoms with E-state index >= 15 is 0 Å². The van der Waals surface area contributed by atoms with Gasteiger partial charge in [-0.2, -0.15) is 10.4 Å². The summed E-state index contributed by atoms with van der Waals surface area (Å²) >= 11 is 0. The highest BCUT2D eigenvalue weighted by Crippen LogP contribution is 2.34. The van der Waals surface area contributed by atoms with Crippen LogP contribution in [-0.4, -0.2) is 28.3 Å². The molecule has 0 spiro atoms. The summed E-state index contributed by atoms with van der Waals surface area (Å²) in [5.74, 6) is 0.863. The zero-order valence-electron chi connectivity index (χ0n) is 14.2. The maximum absolute atomic E-state index is 13.2. The van der Waals surface area contributed by atoms with Gasteiger partial charge in [0.25, 0.3) is 0 Å². The van der Waals surface area contributed by atoms with Gasteiger partial charge >= 0.3 is 0 Å². The Labute approximate surface area is 151 Å². The lowest BCUT2D eigenvalue weighted by Crippen LogP contribution is -2.35. The highest BCUT2D eigenvalue weighted by molar-refractivity contribution is 5.66. The standard InChI is InChI=1S/C20H18FN5/c21-17-5-3-15(4-6-17)18-12-24-25-20(18)16-2-1-9-26(13-16)19-10-14(11-22)7-8-23-19/h3-8,10,12,16H,1-2,9,13H2,(H,24,25)/t16-/m0/s1. The molecule has 1 atom stereocenters. The molecule has 2 aromatic heterocycles. The molecule has 5 nitrogen and oxygen atoms in total. The summed E-state index contributed by atoms with van der Waals surface area (Å²) in [6, 6.07) is 12.2. The molecule has 1 N–H and O–H groups in total. The Hall–Kier alpha value is -3.20. The SMILES string of the molecule is N#Cc1ccnc(N2CCC[C@H](c3[nH]ncc3-c3ccc(F)cc3)C2)c1. The molecule has 3 aromatic rings. The predicted octanol–water partition coefficient (Wildman–Crippen LogP) is 3.87. The van der Waals surface area contributed by atoms with Crippen LogP contribution < -0.4 is 4.90 Å². The lowest BCUT2D eigenvalue weighted by atomic mass is 9.90. The molecule has 0 saturated carbocycles. The van der Waals surface area contributed by atoms with E-state index < -0.39 is 0 Å². The van der Waals surface area contributed by atoms with Gasteiger partial charge in [-0.25, -0.2) is 9.37 Å². The Kier molecular flexibility index (Phi) is 4.36. The van der Waals surface area contributed by atoms with Gasteiger partial charge in [-0.3, -0.25) is 5.10 Å². The van der Waals surface area contributed by atoms with Crippen LogP contribution in [0.5, 0.6) is 0 Å². The zero-order valence-corrected chi connectivity index (χ0v) is 14.2. The van der Waals surface area contributed by atoms with Gasteiger partial charge in [0.15, 0.2) is 0 Å². The van der Waals surface area contributed by atoms with Gasteiger partial charge in [-0.15, -0.1) is 0 Å². The van der Waals surface area contributed by atoms with Crippen LogP contribution in [0.15, 0.2) is 48.8 Å². The smallest absolute Gasteiger partial charge is 0.129 e. The van der Waals surface area contributed by atoms with Crippen LogP contribution in [0.3, 0.4) is 0 Å². The third-order valence-corrected chi connectivity index (χ3v) is 4.85. The molecule has 1 aliphatic rings. The second-order valence-corrected chi connectivity index (χ2v) is 6.50. The van der Waals surface area contributed by atoms with Crippen molar-refractivity contribution in [3.05, 3.63) is 65.9 Å². The first-order valence-corrected chi connectivity index (χ1v) is 8.65. The van der Waals surface area contributed by atoms with Crippen molar-refractivity contribution in [2.75, 3.05) is 18.0 Å². The maximum Gasteiger partial charge on any atom is 0.129 e. The molecule has 3 heterocycles. The van der Waals surface area contributed by atoms with Crippen molar-refractivity contribution in [1.29, 1.82) is 5.26 Å². The molecule has 4 rings (SSSR count). The summed E-state index contributed by atoms with van der Waals surface area (Å²) in [5.41, 5.74) is 3.65. The Balaban J connectivity index is 1.60. The first-order chi connectivity index (χ1) is 12.7. The minimum Gasteiger partial charge on any atom is -0.356 e. The monoisotopic (exact) mass is 347 g/mol. The number of H-pyrrole nitrogens is 1. The van der Waals surface area contributed by atoms with Gasteiger partial charge < -0.3 is 4.90 Å². The first kappa shape index (κ1) is 16.3. The molecule has 1 aliphatic heterocycles. The highest BCUT2D eigenvalue weighted by atomic mass is 19.1. The number of nitriles is 1. The van der Waals surface area contributed by atoms with Crippen molar-refractivity contribution in [3.63, 3.8) is 0 Å². The van der Waals surface area contributed by atoms with Crippen LogP contribution in [0.25, 0.3) is 11.1 Å². The van der Waals surface area contributed by atoms with Crippen molar-refractivity contribution < 1.29 is 4.39 Å². The molecule has 1 aromatic carbocycles. The number of benzene rings is 1. The molecule has 0 amide bonds. The Bertz CT molecular complexity index is 941. The van der Waals surface area contributed by atoms with Gasteiger partial charge in [-0.05, 0) is 42.7 Å². The number of aromatic nitrogens is 3. The van der Waals surface area contributed by atoms with Gasteiger partial charge in [-0.1, -0.05) is 12.1 Å². The molecule has 26 heavy (non-hydrogen) atoms. The van der Waals surface area contributed by atoms with E-state index in [4.69, 9.17) is 5.26 Å². The van der Waals surface area contributed by atoms with Crippen LogP contribution in [0.2, 0.25) is 0 Å². The van der Waals surface area contributed by atoms with E-state index in [1.54, 1.807) is 30.6 Å². The van der Waals surface area contributed by atoms with Crippen LogP contribution in [0.1, 0.15) is 30.0 Å². The molecular weight excluding hydrogens is 329 g/mol. The van der Waals surface area contributed by atoms with E-state index in [1.165, 1.54) is 12.1 Å². The maximum atomic E-state index is 13.2. The van der Waals surface area contributed by atoms with Gasteiger partial charge in [0.1, 0.15) is 11.6 Å². The van der Waals surface area contributed by atoms with Gasteiger partial charge in [0.05, 0.1) is 17.8 Å². The van der Waals surface area contributed by atoms with Crippen molar-refractivity contribution in [2.45, 2.75) is 18.8 Å². The van der Waals surface area contributed by atoms with Gasteiger partial charge in [0.2, 0.25) is 0 Å². The molecule has 0 aliphatic carbocycles. The fourth-order valence-corrected chi connectivity index (χ4v) is 3.55. The van der Waals surface area contributed by atoms with Crippen LogP contribution in [0.4, 0.5) is 10.2 Å². The number of hydrogen-bond acceptors (Lipinski definition) is 4. The number of aromatic amines is 1. The lowest BCUT2D eigenvalue weighted by molar-refractivity contribution is 0.498. The minimum atomic E-state index is -0.244. The Morgan fingerprint density at radius 1 is 1.23 bits per heavy atom. The number of rotatable bonds is 3. The second kappa shape index (κ2) is 6.96.